The van der Waals surface area contributed by atoms with Crippen molar-refractivity contribution in [2.75, 3.05) is 12.4 Å². The number of aliphatic hydroxyl groups is 1. The number of nitrogens with one attached hydrogen (secondary N) is 2. The van der Waals surface area contributed by atoms with Crippen LogP contribution >= 0.6 is 11.6 Å². The van der Waals surface area contributed by atoms with Crippen LogP contribution in [0.15, 0.2) is 36.4 Å². The molecule has 0 aliphatic heterocycles. The Bertz CT molecular complexity index is 753. The zero-order valence-corrected chi connectivity index (χ0v) is 14.7. The van der Waals surface area contributed by atoms with Gasteiger partial charge in [-0.15, -0.1) is 0 Å². The van der Waals surface area contributed by atoms with Gasteiger partial charge in [-0.05, 0) is 29.8 Å². The number of alkyl halides is 1. The van der Waals surface area contributed by atoms with Crippen LogP contribution in [0.2, 0.25) is 5.02 Å². The molecule has 2 aromatic carbocycles. The van der Waals surface area contributed by atoms with E-state index in [9.17, 15) is 14.3 Å². The third-order valence-corrected chi connectivity index (χ3v) is 3.83. The van der Waals surface area contributed by atoms with Gasteiger partial charge in [0.1, 0.15) is 5.75 Å². The minimum Gasteiger partial charge on any atom is -0.460 e. The smallest absolute Gasteiger partial charge is 0.253 e. The molecule has 2 aromatic rings. The Hall–Kier alpha value is -2.31. The van der Waals surface area contributed by atoms with Gasteiger partial charge in [-0.2, -0.15) is 0 Å². The average Bonchev–Trinajstić information content (AvgIpc) is 2.59. The molecule has 0 aliphatic carbocycles. The standard InChI is InChI=1S/C18H20ClFN2O3/c1-11(20)25-17-5-3-4-12(10-23)15(17)9-22-16-8-13(19)6-7-14(16)18(24)21-2/h3-8,11,22-23H,9-10H2,1-2H3,(H,21,24). The first-order valence-corrected chi connectivity index (χ1v) is 8.12. The van der Waals surface area contributed by atoms with Crippen LogP contribution in [0.25, 0.3) is 0 Å². The van der Waals surface area contributed by atoms with Crippen molar-refractivity contribution in [3.05, 3.63) is 58.1 Å². The Morgan fingerprint density at radius 1 is 1.36 bits per heavy atom. The molecular formula is C18H20ClFN2O3. The van der Waals surface area contributed by atoms with Crippen LogP contribution in [-0.4, -0.2) is 24.4 Å². The normalized spacial score (nSPS) is 11.7. The number of amides is 1. The van der Waals surface area contributed by atoms with Gasteiger partial charge in [0.2, 0.25) is 6.36 Å². The van der Waals surface area contributed by atoms with Gasteiger partial charge in [-0.25, -0.2) is 4.39 Å². The van der Waals surface area contributed by atoms with Gasteiger partial charge in [0.25, 0.3) is 5.91 Å². The Labute approximate surface area is 150 Å². The van der Waals surface area contributed by atoms with Crippen molar-refractivity contribution in [3.63, 3.8) is 0 Å². The first-order valence-electron chi connectivity index (χ1n) is 7.74. The molecule has 134 valence electrons. The lowest BCUT2D eigenvalue weighted by Crippen LogP contribution is -2.20. The van der Waals surface area contributed by atoms with Crippen LogP contribution in [0.5, 0.6) is 5.75 Å². The molecular weight excluding hydrogens is 347 g/mol. The van der Waals surface area contributed by atoms with Crippen LogP contribution < -0.4 is 15.4 Å². The van der Waals surface area contributed by atoms with Crippen LogP contribution in [0.3, 0.4) is 0 Å². The zero-order valence-electron chi connectivity index (χ0n) is 14.0. The predicted molar refractivity (Wildman–Crippen MR) is 95.7 cm³/mol. The SMILES string of the molecule is CNC(=O)c1ccc(Cl)cc1NCc1c(CO)cccc1OC(C)F. The molecule has 25 heavy (non-hydrogen) atoms. The van der Waals surface area contributed by atoms with E-state index < -0.39 is 6.36 Å². The lowest BCUT2D eigenvalue weighted by atomic mass is 10.1. The number of aliphatic hydroxyl groups excluding tert-OH is 1. The summed E-state index contributed by atoms with van der Waals surface area (Å²) in [6.07, 6.45) is -1.49. The highest BCUT2D eigenvalue weighted by atomic mass is 35.5. The van der Waals surface area contributed by atoms with Gasteiger partial charge in [0.05, 0.1) is 12.2 Å². The molecule has 2 rings (SSSR count). The van der Waals surface area contributed by atoms with E-state index in [-0.39, 0.29) is 19.1 Å². The van der Waals surface area contributed by atoms with Gasteiger partial charge in [0.15, 0.2) is 0 Å². The zero-order chi connectivity index (χ0) is 18.4. The quantitative estimate of drug-likeness (QED) is 0.701. The monoisotopic (exact) mass is 366 g/mol. The Morgan fingerprint density at radius 3 is 2.76 bits per heavy atom. The molecule has 0 fully saturated rings. The summed E-state index contributed by atoms with van der Waals surface area (Å²) >= 11 is 6.02. The fourth-order valence-corrected chi connectivity index (χ4v) is 2.60. The Morgan fingerprint density at radius 2 is 2.12 bits per heavy atom. The largest absolute Gasteiger partial charge is 0.460 e. The van der Waals surface area contributed by atoms with Gasteiger partial charge in [0, 0.05) is 36.8 Å². The van der Waals surface area contributed by atoms with Crippen molar-refractivity contribution < 1.29 is 19.0 Å². The second-order valence-corrected chi connectivity index (χ2v) is 5.77. The average molecular weight is 367 g/mol. The maximum Gasteiger partial charge on any atom is 0.253 e. The number of carbonyl (C=O) groups is 1. The predicted octanol–water partition coefficient (Wildman–Crippen LogP) is 3.50. The lowest BCUT2D eigenvalue weighted by molar-refractivity contribution is 0.0847. The van der Waals surface area contributed by atoms with E-state index in [0.29, 0.717) is 33.1 Å². The molecule has 3 N–H and O–H groups in total. The third-order valence-electron chi connectivity index (χ3n) is 3.60. The van der Waals surface area contributed by atoms with Crippen molar-refractivity contribution in [1.29, 1.82) is 0 Å². The summed E-state index contributed by atoms with van der Waals surface area (Å²) in [4.78, 5) is 12.0. The van der Waals surface area contributed by atoms with Crippen molar-refractivity contribution in [2.45, 2.75) is 26.4 Å². The Balaban J connectivity index is 2.33. The molecule has 1 amide bonds. The van der Waals surface area contributed by atoms with E-state index in [0.717, 1.165) is 0 Å². The molecule has 5 nitrogen and oxygen atoms in total. The summed E-state index contributed by atoms with van der Waals surface area (Å²) in [6.45, 7) is 1.29. The summed E-state index contributed by atoms with van der Waals surface area (Å²) < 4.78 is 18.4. The molecule has 1 unspecified atom stereocenters. The van der Waals surface area contributed by atoms with Crippen LogP contribution in [-0.2, 0) is 13.2 Å². The summed E-state index contributed by atoms with van der Waals surface area (Å²) in [5.41, 5.74) is 2.17. The van der Waals surface area contributed by atoms with Crippen LogP contribution in [0.4, 0.5) is 10.1 Å². The molecule has 7 heteroatoms. The van der Waals surface area contributed by atoms with E-state index in [1.165, 1.54) is 14.0 Å². The maximum atomic E-state index is 13.3. The van der Waals surface area contributed by atoms with Crippen molar-refractivity contribution in [2.24, 2.45) is 0 Å². The van der Waals surface area contributed by atoms with Gasteiger partial charge < -0.3 is 20.5 Å². The van der Waals surface area contributed by atoms with E-state index in [1.54, 1.807) is 36.4 Å². The van der Waals surface area contributed by atoms with Crippen molar-refractivity contribution >= 4 is 23.2 Å². The molecule has 1 atom stereocenters. The number of anilines is 1. The van der Waals surface area contributed by atoms with E-state index in [2.05, 4.69) is 10.6 Å². The molecule has 0 aromatic heterocycles. The first kappa shape index (κ1) is 19.0. The van der Waals surface area contributed by atoms with Gasteiger partial charge >= 0.3 is 0 Å². The van der Waals surface area contributed by atoms with E-state index in [1.807, 2.05) is 0 Å². The molecule has 0 bridgehead atoms. The fraction of sp³-hybridized carbons (Fsp3) is 0.278. The number of benzene rings is 2. The topological polar surface area (TPSA) is 70.6 Å². The van der Waals surface area contributed by atoms with Crippen LogP contribution in [0, 0.1) is 0 Å². The maximum absolute atomic E-state index is 13.3. The molecule has 0 spiro atoms. The van der Waals surface area contributed by atoms with Crippen molar-refractivity contribution in [3.8, 4) is 5.75 Å². The third kappa shape index (κ3) is 4.84. The lowest BCUT2D eigenvalue weighted by Gasteiger charge is -2.17. The number of ether oxygens (including phenoxy) is 1. The molecule has 0 radical (unpaired) electrons. The minimum absolute atomic E-state index is 0.216. The minimum atomic E-state index is -1.49. The number of hydrogen-bond donors (Lipinski definition) is 3. The molecule has 0 heterocycles. The number of carbonyl (C=O) groups excluding carboxylic acids is 1. The van der Waals surface area contributed by atoms with Crippen LogP contribution in [0.1, 0.15) is 28.4 Å². The van der Waals surface area contributed by atoms with E-state index >= 15 is 0 Å². The Kier molecular flexibility index (Phi) is 6.61. The highest BCUT2D eigenvalue weighted by Crippen LogP contribution is 2.27. The fourth-order valence-electron chi connectivity index (χ4n) is 2.42. The molecule has 0 aliphatic rings. The second kappa shape index (κ2) is 8.69. The molecule has 0 saturated carbocycles. The first-order chi connectivity index (χ1) is 12.0. The summed E-state index contributed by atoms with van der Waals surface area (Å²) in [7, 11) is 1.54. The van der Waals surface area contributed by atoms with Gasteiger partial charge in [-0.1, -0.05) is 23.7 Å². The molecule has 0 saturated heterocycles. The summed E-state index contributed by atoms with van der Waals surface area (Å²) in [5, 5.41) is 15.7. The number of rotatable bonds is 7. The highest BCUT2D eigenvalue weighted by Gasteiger charge is 2.14. The van der Waals surface area contributed by atoms with E-state index in [4.69, 9.17) is 16.3 Å². The number of halogens is 2. The second-order valence-electron chi connectivity index (χ2n) is 5.34. The van der Waals surface area contributed by atoms with Gasteiger partial charge in [-0.3, -0.25) is 4.79 Å². The summed E-state index contributed by atoms with van der Waals surface area (Å²) in [5.74, 6) is 0.0704. The summed E-state index contributed by atoms with van der Waals surface area (Å²) in [6, 6.07) is 9.91. The number of hydrogen-bond acceptors (Lipinski definition) is 4. The highest BCUT2D eigenvalue weighted by molar-refractivity contribution is 6.31. The van der Waals surface area contributed by atoms with Crippen molar-refractivity contribution in [1.82, 2.24) is 5.32 Å².